The maximum atomic E-state index is 8.88. The van der Waals surface area contributed by atoms with Crippen molar-refractivity contribution in [2.75, 3.05) is 10.6 Å². The molecule has 0 bridgehead atoms. The van der Waals surface area contributed by atoms with Crippen LogP contribution in [-0.4, -0.2) is 9.97 Å². The minimum absolute atomic E-state index is 0. The summed E-state index contributed by atoms with van der Waals surface area (Å²) in [6.45, 7) is 4.02. The summed E-state index contributed by atoms with van der Waals surface area (Å²) in [6.07, 6.45) is 4.93. The molecular weight excluding hydrogens is 428 g/mol. The van der Waals surface area contributed by atoms with Crippen molar-refractivity contribution in [2.24, 2.45) is 0 Å². The maximum Gasteiger partial charge on any atom is 0.229 e. The predicted octanol–water partition coefficient (Wildman–Crippen LogP) is 1.99. The van der Waals surface area contributed by atoms with Gasteiger partial charge in [0.15, 0.2) is 0 Å². The standard InChI is InChI=1S/C22H18N6.BrH/c1-15-12-18(4-3-10-23)13-16(2)21(15)27-20-9-11-25-22(28-20)26-19-7-5-17(14-24)6-8-19;/h3-9,11-13H,1-2H3,(H2,25,26,27,28);1H/p-1/b4-3+;. The van der Waals surface area contributed by atoms with E-state index in [-0.39, 0.29) is 17.0 Å². The average molecular weight is 446 g/mol. The average Bonchev–Trinajstić information content (AvgIpc) is 2.70. The third kappa shape index (κ3) is 5.65. The van der Waals surface area contributed by atoms with E-state index < -0.39 is 0 Å². The van der Waals surface area contributed by atoms with Gasteiger partial charge in [-0.2, -0.15) is 15.5 Å². The number of benzene rings is 2. The van der Waals surface area contributed by atoms with Crippen LogP contribution in [0.3, 0.4) is 0 Å². The van der Waals surface area contributed by atoms with Crippen molar-refractivity contribution in [3.8, 4) is 12.1 Å². The number of hydrogen-bond donors (Lipinski definition) is 2. The Labute approximate surface area is 180 Å². The Kier molecular flexibility index (Phi) is 7.47. The fourth-order valence-electron chi connectivity index (χ4n) is 2.80. The monoisotopic (exact) mass is 445 g/mol. The Morgan fingerprint density at radius 1 is 0.966 bits per heavy atom. The molecule has 0 saturated carbocycles. The molecule has 3 rings (SSSR count). The molecule has 3 aromatic rings. The summed E-state index contributed by atoms with van der Waals surface area (Å²) in [7, 11) is 0. The lowest BCUT2D eigenvalue weighted by atomic mass is 10.0. The molecule has 0 aliphatic heterocycles. The van der Waals surface area contributed by atoms with E-state index in [1.54, 1.807) is 30.5 Å². The summed E-state index contributed by atoms with van der Waals surface area (Å²) >= 11 is 0. The first-order chi connectivity index (χ1) is 13.6. The smallest absolute Gasteiger partial charge is 0.229 e. The first-order valence-electron chi connectivity index (χ1n) is 8.63. The summed E-state index contributed by atoms with van der Waals surface area (Å²) in [5, 5.41) is 24.0. The molecule has 0 fully saturated rings. The predicted molar refractivity (Wildman–Crippen MR) is 110 cm³/mol. The maximum absolute atomic E-state index is 8.88. The molecule has 0 aliphatic rings. The highest BCUT2D eigenvalue weighted by atomic mass is 79.9. The van der Waals surface area contributed by atoms with Crippen LogP contribution in [0.4, 0.5) is 23.1 Å². The van der Waals surface area contributed by atoms with Crippen LogP contribution >= 0.6 is 0 Å². The van der Waals surface area contributed by atoms with E-state index in [0.717, 1.165) is 28.1 Å². The Balaban J connectivity index is 0.00000300. The highest BCUT2D eigenvalue weighted by molar-refractivity contribution is 5.69. The van der Waals surface area contributed by atoms with Gasteiger partial charge in [-0.1, -0.05) is 0 Å². The number of nitriles is 2. The molecule has 0 atom stereocenters. The molecular formula is C22H18BrN6-. The number of aryl methyl sites for hydroxylation is 2. The lowest BCUT2D eigenvalue weighted by Gasteiger charge is -2.14. The second-order valence-electron chi connectivity index (χ2n) is 6.20. The van der Waals surface area contributed by atoms with E-state index in [9.17, 15) is 0 Å². The summed E-state index contributed by atoms with van der Waals surface area (Å²) in [5.74, 6) is 1.12. The zero-order valence-electron chi connectivity index (χ0n) is 15.9. The zero-order chi connectivity index (χ0) is 19.9. The highest BCUT2D eigenvalue weighted by Crippen LogP contribution is 2.26. The quantitative estimate of drug-likeness (QED) is 0.582. The van der Waals surface area contributed by atoms with Crippen molar-refractivity contribution in [3.63, 3.8) is 0 Å². The van der Waals surface area contributed by atoms with Gasteiger partial charge < -0.3 is 27.6 Å². The van der Waals surface area contributed by atoms with Gasteiger partial charge in [0.25, 0.3) is 0 Å². The van der Waals surface area contributed by atoms with Gasteiger partial charge in [-0.25, -0.2) is 4.98 Å². The van der Waals surface area contributed by atoms with Crippen molar-refractivity contribution >= 4 is 29.2 Å². The van der Waals surface area contributed by atoms with Gasteiger partial charge in [0, 0.05) is 23.6 Å². The van der Waals surface area contributed by atoms with Crippen molar-refractivity contribution in [2.45, 2.75) is 13.8 Å². The number of rotatable bonds is 5. The second-order valence-corrected chi connectivity index (χ2v) is 6.20. The van der Waals surface area contributed by atoms with E-state index in [0.29, 0.717) is 17.3 Å². The highest BCUT2D eigenvalue weighted by Gasteiger charge is 2.07. The van der Waals surface area contributed by atoms with E-state index >= 15 is 0 Å². The third-order valence-electron chi connectivity index (χ3n) is 4.08. The van der Waals surface area contributed by atoms with Gasteiger partial charge in [0.1, 0.15) is 5.82 Å². The minimum atomic E-state index is 0. The van der Waals surface area contributed by atoms with Crippen LogP contribution in [0.25, 0.3) is 6.08 Å². The molecule has 7 heteroatoms. The van der Waals surface area contributed by atoms with Crippen molar-refractivity contribution in [3.05, 3.63) is 77.0 Å². The fourth-order valence-corrected chi connectivity index (χ4v) is 2.80. The topological polar surface area (TPSA) is 97.4 Å². The summed E-state index contributed by atoms with van der Waals surface area (Å²) in [4.78, 5) is 8.75. The number of hydrogen-bond acceptors (Lipinski definition) is 6. The van der Waals surface area contributed by atoms with Gasteiger partial charge >= 0.3 is 0 Å². The van der Waals surface area contributed by atoms with Gasteiger partial charge in [0.2, 0.25) is 5.95 Å². The van der Waals surface area contributed by atoms with E-state index in [4.69, 9.17) is 10.5 Å². The van der Waals surface area contributed by atoms with E-state index in [2.05, 4.69) is 26.7 Å². The number of allylic oxidation sites excluding steroid dienone is 1. The molecule has 0 unspecified atom stereocenters. The fraction of sp³-hybridized carbons (Fsp3) is 0.0909. The molecule has 6 nitrogen and oxygen atoms in total. The summed E-state index contributed by atoms with van der Waals surface area (Å²) in [5.41, 5.74) is 5.46. The van der Waals surface area contributed by atoms with Crippen molar-refractivity contribution in [1.29, 1.82) is 10.5 Å². The van der Waals surface area contributed by atoms with Gasteiger partial charge in [-0.05, 0) is 79.1 Å². The number of anilines is 4. The molecule has 0 spiro atoms. The summed E-state index contributed by atoms with van der Waals surface area (Å²) < 4.78 is 0. The molecule has 1 aromatic heterocycles. The first-order valence-corrected chi connectivity index (χ1v) is 8.63. The van der Waals surface area contributed by atoms with Gasteiger partial charge in [-0.3, -0.25) is 0 Å². The van der Waals surface area contributed by atoms with E-state index in [1.807, 2.05) is 44.2 Å². The number of nitrogens with one attached hydrogen (secondary N) is 2. The third-order valence-corrected chi connectivity index (χ3v) is 4.08. The molecule has 2 N–H and O–H groups in total. The summed E-state index contributed by atoms with van der Waals surface area (Å²) in [6, 6.07) is 17.0. The van der Waals surface area contributed by atoms with Gasteiger partial charge in [0.05, 0.1) is 17.7 Å². The molecule has 0 amide bonds. The zero-order valence-corrected chi connectivity index (χ0v) is 17.5. The molecule has 1 heterocycles. The second kappa shape index (κ2) is 10.0. The number of aromatic nitrogens is 2. The SMILES string of the molecule is Cc1cc(/C=C/C#N)cc(C)c1Nc1ccnc(Nc2ccc(C#N)cc2)n1.[Br-]. The molecule has 144 valence electrons. The molecule has 0 aliphatic carbocycles. The molecule has 0 saturated heterocycles. The van der Waals surface area contributed by atoms with Crippen LogP contribution in [0.15, 0.2) is 54.7 Å². The molecule has 2 aromatic carbocycles. The van der Waals surface area contributed by atoms with Crippen LogP contribution in [0.5, 0.6) is 0 Å². The van der Waals surface area contributed by atoms with Crippen LogP contribution in [-0.2, 0) is 0 Å². The number of halogens is 1. The Morgan fingerprint density at radius 2 is 1.66 bits per heavy atom. The van der Waals surface area contributed by atoms with E-state index in [1.165, 1.54) is 6.08 Å². The lowest BCUT2D eigenvalue weighted by molar-refractivity contribution is -0.00000631. The van der Waals surface area contributed by atoms with Crippen LogP contribution < -0.4 is 27.6 Å². The first kappa shape index (κ1) is 21.6. The van der Waals surface area contributed by atoms with Crippen LogP contribution in [0.1, 0.15) is 22.3 Å². The minimum Gasteiger partial charge on any atom is -1.00 e. The lowest BCUT2D eigenvalue weighted by Crippen LogP contribution is -3.00. The Morgan fingerprint density at radius 3 is 2.28 bits per heavy atom. The van der Waals surface area contributed by atoms with Crippen molar-refractivity contribution < 1.29 is 17.0 Å². The molecule has 29 heavy (non-hydrogen) atoms. The van der Waals surface area contributed by atoms with Crippen LogP contribution in [0.2, 0.25) is 0 Å². The normalized spacial score (nSPS) is 9.93. The largest absolute Gasteiger partial charge is 1.00 e. The van der Waals surface area contributed by atoms with Gasteiger partial charge in [-0.15, -0.1) is 0 Å². The van der Waals surface area contributed by atoms with Crippen molar-refractivity contribution in [1.82, 2.24) is 9.97 Å². The molecule has 0 radical (unpaired) electrons. The van der Waals surface area contributed by atoms with Crippen LogP contribution in [0, 0.1) is 36.5 Å². The number of nitrogens with zero attached hydrogens (tertiary/aromatic N) is 4. The Bertz CT molecular complexity index is 1080. The Hall–Kier alpha value is -3.68.